The van der Waals surface area contributed by atoms with Gasteiger partial charge < -0.3 is 30.2 Å². The first kappa shape index (κ1) is 24.6. The van der Waals surface area contributed by atoms with E-state index >= 15 is 0 Å². The number of allylic oxidation sites excluding steroid dienone is 1. The number of amides is 3. The molecule has 186 valence electrons. The fourth-order valence-corrected chi connectivity index (χ4v) is 3.84. The predicted octanol–water partition coefficient (Wildman–Crippen LogP) is 4.69. The SMILES string of the molecule is COc1ccc(NC(=O)C2=C(C)NC(=O)N[C@@H]2c2ccc(OCc3ccc(F)cc3)c(OC)c2)cc1. The van der Waals surface area contributed by atoms with Crippen molar-refractivity contribution >= 4 is 17.6 Å². The van der Waals surface area contributed by atoms with Crippen LogP contribution in [0.25, 0.3) is 0 Å². The van der Waals surface area contributed by atoms with E-state index in [1.165, 1.54) is 19.2 Å². The molecule has 3 aromatic rings. The molecule has 1 aliphatic rings. The molecule has 0 saturated carbocycles. The zero-order valence-electron chi connectivity index (χ0n) is 20.1. The van der Waals surface area contributed by atoms with Crippen molar-refractivity contribution < 1.29 is 28.2 Å². The first-order valence-electron chi connectivity index (χ1n) is 11.2. The third-order valence-electron chi connectivity index (χ3n) is 5.69. The largest absolute Gasteiger partial charge is 0.497 e. The second-order valence-electron chi connectivity index (χ2n) is 8.08. The van der Waals surface area contributed by atoms with Crippen LogP contribution in [0.15, 0.2) is 78.0 Å². The molecule has 8 nitrogen and oxygen atoms in total. The smallest absolute Gasteiger partial charge is 0.319 e. The number of halogens is 1. The fraction of sp³-hybridized carbons (Fsp3) is 0.185. The van der Waals surface area contributed by atoms with E-state index in [0.717, 1.165) is 5.56 Å². The number of hydrogen-bond donors (Lipinski definition) is 3. The molecule has 0 saturated heterocycles. The van der Waals surface area contributed by atoms with Crippen LogP contribution in [-0.4, -0.2) is 26.2 Å². The lowest BCUT2D eigenvalue weighted by Crippen LogP contribution is -2.45. The first-order chi connectivity index (χ1) is 17.4. The Balaban J connectivity index is 1.57. The minimum atomic E-state index is -0.725. The van der Waals surface area contributed by atoms with E-state index in [0.29, 0.717) is 39.8 Å². The third-order valence-corrected chi connectivity index (χ3v) is 5.69. The van der Waals surface area contributed by atoms with Gasteiger partial charge in [0.25, 0.3) is 5.91 Å². The lowest BCUT2D eigenvalue weighted by atomic mass is 9.94. The lowest BCUT2D eigenvalue weighted by Gasteiger charge is -2.29. The van der Waals surface area contributed by atoms with Gasteiger partial charge in [0.05, 0.1) is 25.8 Å². The fourth-order valence-electron chi connectivity index (χ4n) is 3.84. The Morgan fingerprint density at radius 2 is 1.69 bits per heavy atom. The van der Waals surface area contributed by atoms with Gasteiger partial charge in [-0.05, 0) is 66.6 Å². The number of hydrogen-bond acceptors (Lipinski definition) is 5. The second-order valence-corrected chi connectivity index (χ2v) is 8.08. The average molecular weight is 492 g/mol. The van der Waals surface area contributed by atoms with E-state index in [1.54, 1.807) is 68.6 Å². The number of methoxy groups -OCH3 is 2. The number of urea groups is 1. The second kappa shape index (κ2) is 10.8. The average Bonchev–Trinajstić information content (AvgIpc) is 2.88. The summed E-state index contributed by atoms with van der Waals surface area (Å²) in [6, 6.07) is 17.0. The maximum atomic E-state index is 13.3. The van der Waals surface area contributed by atoms with Crippen molar-refractivity contribution in [3.8, 4) is 17.2 Å². The maximum absolute atomic E-state index is 13.3. The normalized spacial score (nSPS) is 15.0. The van der Waals surface area contributed by atoms with Crippen molar-refractivity contribution in [3.05, 3.63) is 94.9 Å². The van der Waals surface area contributed by atoms with E-state index in [1.807, 2.05) is 0 Å². The van der Waals surface area contributed by atoms with Gasteiger partial charge in [-0.3, -0.25) is 4.79 Å². The number of benzene rings is 3. The Kier molecular flexibility index (Phi) is 7.39. The van der Waals surface area contributed by atoms with E-state index in [-0.39, 0.29) is 18.3 Å². The van der Waals surface area contributed by atoms with E-state index < -0.39 is 12.1 Å². The molecule has 9 heteroatoms. The highest BCUT2D eigenvalue weighted by Gasteiger charge is 2.32. The highest BCUT2D eigenvalue weighted by atomic mass is 19.1. The lowest BCUT2D eigenvalue weighted by molar-refractivity contribution is -0.113. The van der Waals surface area contributed by atoms with Gasteiger partial charge >= 0.3 is 6.03 Å². The highest BCUT2D eigenvalue weighted by molar-refractivity contribution is 6.06. The van der Waals surface area contributed by atoms with Crippen LogP contribution in [-0.2, 0) is 11.4 Å². The summed E-state index contributed by atoms with van der Waals surface area (Å²) in [6.07, 6.45) is 0. The standard InChI is InChI=1S/C27H26FN3O5/c1-16-24(26(32)30-20-9-11-21(34-2)12-10-20)25(31-27(33)29-16)18-6-13-22(23(14-18)35-3)36-15-17-4-7-19(28)8-5-17/h4-14,25H,15H2,1-3H3,(H,30,32)(H2,29,31,33)/t25-/m1/s1. The van der Waals surface area contributed by atoms with Gasteiger partial charge in [-0.2, -0.15) is 0 Å². The molecule has 4 rings (SSSR count). The number of carbonyl (C=O) groups is 2. The van der Waals surface area contributed by atoms with Crippen LogP contribution < -0.4 is 30.2 Å². The Morgan fingerprint density at radius 1 is 0.972 bits per heavy atom. The number of nitrogens with one attached hydrogen (secondary N) is 3. The Labute approximate surface area is 208 Å². The highest BCUT2D eigenvalue weighted by Crippen LogP contribution is 2.35. The summed E-state index contributed by atoms with van der Waals surface area (Å²) in [6.45, 7) is 1.89. The van der Waals surface area contributed by atoms with E-state index in [2.05, 4.69) is 16.0 Å². The van der Waals surface area contributed by atoms with Crippen molar-refractivity contribution in [2.45, 2.75) is 19.6 Å². The van der Waals surface area contributed by atoms with Gasteiger partial charge in [-0.15, -0.1) is 0 Å². The van der Waals surface area contributed by atoms with Crippen LogP contribution in [0.1, 0.15) is 24.1 Å². The molecule has 36 heavy (non-hydrogen) atoms. The van der Waals surface area contributed by atoms with Crippen molar-refractivity contribution in [1.29, 1.82) is 0 Å². The van der Waals surface area contributed by atoms with Crippen molar-refractivity contribution in [2.24, 2.45) is 0 Å². The number of carbonyl (C=O) groups excluding carboxylic acids is 2. The molecule has 3 aromatic carbocycles. The summed E-state index contributed by atoms with van der Waals surface area (Å²) < 4.78 is 29.7. The molecule has 0 spiro atoms. The number of ether oxygens (including phenoxy) is 3. The minimum absolute atomic E-state index is 0.217. The van der Waals surface area contributed by atoms with Crippen LogP contribution in [0, 0.1) is 5.82 Å². The van der Waals surface area contributed by atoms with Crippen molar-refractivity contribution in [3.63, 3.8) is 0 Å². The third kappa shape index (κ3) is 5.57. The topological polar surface area (TPSA) is 97.9 Å². The molecule has 0 bridgehead atoms. The minimum Gasteiger partial charge on any atom is -0.497 e. The van der Waals surface area contributed by atoms with Gasteiger partial charge in [0.1, 0.15) is 18.2 Å². The Hall–Kier alpha value is -4.53. The van der Waals surface area contributed by atoms with Gasteiger partial charge in [-0.1, -0.05) is 18.2 Å². The molecule has 3 amide bonds. The molecular formula is C27H26FN3O5. The van der Waals surface area contributed by atoms with Crippen LogP contribution in [0.3, 0.4) is 0 Å². The van der Waals surface area contributed by atoms with Crippen molar-refractivity contribution in [1.82, 2.24) is 10.6 Å². The Morgan fingerprint density at radius 3 is 2.36 bits per heavy atom. The summed E-state index contributed by atoms with van der Waals surface area (Å²) in [5.74, 6) is 0.873. The van der Waals surface area contributed by atoms with Gasteiger partial charge in [0.15, 0.2) is 11.5 Å². The van der Waals surface area contributed by atoms with Gasteiger partial charge in [-0.25, -0.2) is 9.18 Å². The van der Waals surface area contributed by atoms with Gasteiger partial charge in [0.2, 0.25) is 0 Å². The summed E-state index contributed by atoms with van der Waals surface area (Å²) in [7, 11) is 3.07. The molecule has 0 fully saturated rings. The molecule has 1 aliphatic heterocycles. The van der Waals surface area contributed by atoms with Crippen LogP contribution >= 0.6 is 0 Å². The van der Waals surface area contributed by atoms with Crippen molar-refractivity contribution in [2.75, 3.05) is 19.5 Å². The quantitative estimate of drug-likeness (QED) is 0.425. The van der Waals surface area contributed by atoms with E-state index in [9.17, 15) is 14.0 Å². The van der Waals surface area contributed by atoms with Crippen LogP contribution in [0.2, 0.25) is 0 Å². The maximum Gasteiger partial charge on any atom is 0.319 e. The predicted molar refractivity (Wildman–Crippen MR) is 132 cm³/mol. The molecule has 0 radical (unpaired) electrons. The Bertz CT molecular complexity index is 1290. The summed E-state index contributed by atoms with van der Waals surface area (Å²) in [4.78, 5) is 25.5. The monoisotopic (exact) mass is 491 g/mol. The van der Waals surface area contributed by atoms with Crippen LogP contribution in [0.4, 0.5) is 14.9 Å². The number of rotatable bonds is 8. The molecule has 0 unspecified atom stereocenters. The first-order valence-corrected chi connectivity index (χ1v) is 11.2. The molecule has 0 aromatic heterocycles. The van der Waals surface area contributed by atoms with E-state index in [4.69, 9.17) is 14.2 Å². The summed E-state index contributed by atoms with van der Waals surface area (Å²) >= 11 is 0. The molecule has 1 atom stereocenters. The molecular weight excluding hydrogens is 465 g/mol. The summed E-state index contributed by atoms with van der Waals surface area (Å²) in [5, 5.41) is 8.34. The number of anilines is 1. The zero-order valence-corrected chi connectivity index (χ0v) is 20.1. The zero-order chi connectivity index (χ0) is 25.7. The summed E-state index contributed by atoms with van der Waals surface area (Å²) in [5.41, 5.74) is 2.80. The van der Waals surface area contributed by atoms with Gasteiger partial charge in [0, 0.05) is 11.4 Å². The molecule has 3 N–H and O–H groups in total. The van der Waals surface area contributed by atoms with Crippen LogP contribution in [0.5, 0.6) is 17.2 Å². The molecule has 1 heterocycles. The molecule has 0 aliphatic carbocycles.